The van der Waals surface area contributed by atoms with Crippen LogP contribution in [0.2, 0.25) is 0 Å². The van der Waals surface area contributed by atoms with E-state index in [1.54, 1.807) is 18.8 Å². The Hall–Kier alpha value is -0.680. The molecule has 0 amide bonds. The standard InChI is InChI=1S/C9H17N3OS/c1-8(10)9-6-11-7-12(9)4-3-5-14(2)13/h6-8H,3-5,10H2,1-2H3/t8-,14?/m0/s1. The Morgan fingerprint density at radius 3 is 3.00 bits per heavy atom. The molecule has 2 N–H and O–H groups in total. The molecule has 0 aliphatic carbocycles. The number of hydrogen-bond acceptors (Lipinski definition) is 3. The van der Waals surface area contributed by atoms with E-state index in [1.165, 1.54) is 0 Å². The normalized spacial score (nSPS) is 15.4. The van der Waals surface area contributed by atoms with Crippen LogP contribution in [0.4, 0.5) is 0 Å². The summed E-state index contributed by atoms with van der Waals surface area (Å²) in [5.41, 5.74) is 6.80. The molecule has 0 aliphatic rings. The molecule has 0 saturated carbocycles. The van der Waals surface area contributed by atoms with E-state index < -0.39 is 10.8 Å². The Kier molecular flexibility index (Phi) is 4.28. The third-order valence-electron chi connectivity index (χ3n) is 2.04. The van der Waals surface area contributed by atoms with Gasteiger partial charge in [-0.3, -0.25) is 4.21 Å². The van der Waals surface area contributed by atoms with Gasteiger partial charge in [-0.25, -0.2) is 4.98 Å². The third kappa shape index (κ3) is 3.23. The van der Waals surface area contributed by atoms with Crippen LogP contribution in [-0.4, -0.2) is 25.8 Å². The van der Waals surface area contributed by atoms with Gasteiger partial charge in [0.15, 0.2) is 0 Å². The molecule has 0 aliphatic heterocycles. The number of nitrogens with two attached hydrogens (primary N) is 1. The van der Waals surface area contributed by atoms with Crippen LogP contribution >= 0.6 is 0 Å². The summed E-state index contributed by atoms with van der Waals surface area (Å²) >= 11 is 0. The zero-order valence-corrected chi connectivity index (χ0v) is 9.46. The fraction of sp³-hybridized carbons (Fsp3) is 0.667. The van der Waals surface area contributed by atoms with Crippen LogP contribution in [0.5, 0.6) is 0 Å². The van der Waals surface area contributed by atoms with Gasteiger partial charge in [0, 0.05) is 41.6 Å². The van der Waals surface area contributed by atoms with Gasteiger partial charge >= 0.3 is 0 Å². The lowest BCUT2D eigenvalue weighted by molar-refractivity contribution is 0.612. The van der Waals surface area contributed by atoms with Crippen molar-refractivity contribution < 1.29 is 4.21 Å². The maximum atomic E-state index is 10.9. The fourth-order valence-corrected chi connectivity index (χ4v) is 1.87. The SMILES string of the molecule is C[C@H](N)c1cncn1CCCS(C)=O. The Labute approximate surface area is 87.0 Å². The highest BCUT2D eigenvalue weighted by Gasteiger charge is 2.05. The van der Waals surface area contributed by atoms with Crippen molar-refractivity contribution in [1.82, 2.24) is 9.55 Å². The average molecular weight is 215 g/mol. The summed E-state index contributed by atoms with van der Waals surface area (Å²) in [6.07, 6.45) is 6.18. The molecule has 80 valence electrons. The number of nitrogens with zero attached hydrogens (tertiary/aromatic N) is 2. The van der Waals surface area contributed by atoms with E-state index >= 15 is 0 Å². The molecule has 0 bridgehead atoms. The highest BCUT2D eigenvalue weighted by molar-refractivity contribution is 7.84. The lowest BCUT2D eigenvalue weighted by atomic mass is 10.2. The number of aromatic nitrogens is 2. The zero-order valence-electron chi connectivity index (χ0n) is 8.64. The molecule has 4 nitrogen and oxygen atoms in total. The lowest BCUT2D eigenvalue weighted by Gasteiger charge is -2.09. The largest absolute Gasteiger partial charge is 0.333 e. The van der Waals surface area contributed by atoms with Gasteiger partial charge in [-0.15, -0.1) is 0 Å². The maximum Gasteiger partial charge on any atom is 0.0948 e. The van der Waals surface area contributed by atoms with Crippen molar-refractivity contribution in [2.45, 2.75) is 25.9 Å². The Bertz CT molecular complexity index is 309. The van der Waals surface area contributed by atoms with Gasteiger partial charge in [-0.1, -0.05) is 0 Å². The van der Waals surface area contributed by atoms with Gasteiger partial charge in [0.05, 0.1) is 12.0 Å². The van der Waals surface area contributed by atoms with Crippen LogP contribution in [0.1, 0.15) is 25.1 Å². The van der Waals surface area contributed by atoms with E-state index in [0.717, 1.165) is 24.4 Å². The number of rotatable bonds is 5. The summed E-state index contributed by atoms with van der Waals surface area (Å²) < 4.78 is 12.9. The van der Waals surface area contributed by atoms with Gasteiger partial charge in [-0.05, 0) is 13.3 Å². The molecule has 1 rings (SSSR count). The Morgan fingerprint density at radius 2 is 2.43 bits per heavy atom. The number of imidazole rings is 1. The van der Waals surface area contributed by atoms with Crippen molar-refractivity contribution >= 4 is 10.8 Å². The predicted octanol–water partition coefficient (Wildman–Crippen LogP) is 0.671. The summed E-state index contributed by atoms with van der Waals surface area (Å²) in [7, 11) is -0.709. The lowest BCUT2D eigenvalue weighted by Crippen LogP contribution is -2.12. The Balaban J connectivity index is 2.50. The van der Waals surface area contributed by atoms with Gasteiger partial charge in [0.1, 0.15) is 0 Å². The minimum Gasteiger partial charge on any atom is -0.333 e. The van der Waals surface area contributed by atoms with Gasteiger partial charge in [0.25, 0.3) is 0 Å². The van der Waals surface area contributed by atoms with Crippen molar-refractivity contribution in [2.75, 3.05) is 12.0 Å². The van der Waals surface area contributed by atoms with Crippen molar-refractivity contribution in [3.8, 4) is 0 Å². The molecule has 5 heteroatoms. The van der Waals surface area contributed by atoms with E-state index in [1.807, 2.05) is 11.5 Å². The molecule has 1 aromatic rings. The summed E-state index contributed by atoms with van der Waals surface area (Å²) in [6, 6.07) is 0.00428. The zero-order chi connectivity index (χ0) is 10.6. The highest BCUT2D eigenvalue weighted by Crippen LogP contribution is 2.08. The topological polar surface area (TPSA) is 60.9 Å². The van der Waals surface area contributed by atoms with Crippen molar-refractivity contribution in [1.29, 1.82) is 0 Å². The first-order valence-electron chi connectivity index (χ1n) is 4.67. The molecule has 1 heterocycles. The molecule has 0 radical (unpaired) electrons. The first-order chi connectivity index (χ1) is 6.61. The van der Waals surface area contributed by atoms with Crippen LogP contribution in [0, 0.1) is 0 Å². The molecule has 0 spiro atoms. The highest BCUT2D eigenvalue weighted by atomic mass is 32.2. The fourth-order valence-electron chi connectivity index (χ4n) is 1.34. The van der Waals surface area contributed by atoms with Gasteiger partial charge < -0.3 is 10.3 Å². The van der Waals surface area contributed by atoms with Gasteiger partial charge in [0.2, 0.25) is 0 Å². The molecular formula is C9H17N3OS. The second-order valence-corrected chi connectivity index (χ2v) is 4.99. The van der Waals surface area contributed by atoms with Gasteiger partial charge in [-0.2, -0.15) is 0 Å². The molecular weight excluding hydrogens is 198 g/mol. The van der Waals surface area contributed by atoms with Crippen LogP contribution in [-0.2, 0) is 17.3 Å². The quantitative estimate of drug-likeness (QED) is 0.785. The minimum absolute atomic E-state index is 0.00428. The van der Waals surface area contributed by atoms with Crippen molar-refractivity contribution in [3.63, 3.8) is 0 Å². The summed E-state index contributed by atoms with van der Waals surface area (Å²) in [6.45, 7) is 2.78. The number of aryl methyl sites for hydroxylation is 1. The summed E-state index contributed by atoms with van der Waals surface area (Å²) in [5.74, 6) is 0.733. The summed E-state index contributed by atoms with van der Waals surface area (Å²) in [4.78, 5) is 4.05. The molecule has 0 saturated heterocycles. The molecule has 14 heavy (non-hydrogen) atoms. The van der Waals surface area contributed by atoms with Crippen molar-refractivity contribution in [3.05, 3.63) is 18.2 Å². The van der Waals surface area contributed by atoms with Crippen LogP contribution in [0.15, 0.2) is 12.5 Å². The maximum absolute atomic E-state index is 10.9. The van der Waals surface area contributed by atoms with Crippen LogP contribution < -0.4 is 5.73 Å². The molecule has 1 unspecified atom stereocenters. The first kappa shape index (κ1) is 11.4. The number of hydrogen-bond donors (Lipinski definition) is 1. The minimum atomic E-state index is -0.709. The van der Waals surface area contributed by atoms with E-state index in [-0.39, 0.29) is 6.04 Å². The van der Waals surface area contributed by atoms with Crippen molar-refractivity contribution in [2.24, 2.45) is 5.73 Å². The molecule has 1 aromatic heterocycles. The van der Waals surface area contributed by atoms with E-state index in [9.17, 15) is 4.21 Å². The van der Waals surface area contributed by atoms with E-state index in [2.05, 4.69) is 4.98 Å². The second-order valence-electron chi connectivity index (χ2n) is 3.43. The molecule has 0 fully saturated rings. The van der Waals surface area contributed by atoms with E-state index in [0.29, 0.717) is 0 Å². The average Bonchev–Trinajstić information content (AvgIpc) is 2.51. The molecule has 0 aromatic carbocycles. The van der Waals surface area contributed by atoms with Crippen LogP contribution in [0.3, 0.4) is 0 Å². The first-order valence-corrected chi connectivity index (χ1v) is 6.39. The molecule has 2 atom stereocenters. The Morgan fingerprint density at radius 1 is 1.71 bits per heavy atom. The van der Waals surface area contributed by atoms with E-state index in [4.69, 9.17) is 5.73 Å². The second kappa shape index (κ2) is 5.26. The summed E-state index contributed by atoms with van der Waals surface area (Å²) in [5, 5.41) is 0. The smallest absolute Gasteiger partial charge is 0.0948 e. The van der Waals surface area contributed by atoms with Crippen LogP contribution in [0.25, 0.3) is 0 Å². The predicted molar refractivity (Wildman–Crippen MR) is 58.4 cm³/mol. The monoisotopic (exact) mass is 215 g/mol. The third-order valence-corrected chi connectivity index (χ3v) is 2.91.